The molecule has 1 aliphatic rings. The molecule has 2 aromatic carbocycles. The number of hydrogen-bond acceptors (Lipinski definition) is 2. The van der Waals surface area contributed by atoms with Crippen molar-refractivity contribution in [1.29, 1.82) is 0 Å². The van der Waals surface area contributed by atoms with E-state index in [4.69, 9.17) is 4.74 Å². The van der Waals surface area contributed by atoms with Crippen molar-refractivity contribution in [2.75, 3.05) is 20.2 Å². The number of piperidine rings is 1. The molecular formula is C21H25NO2. The summed E-state index contributed by atoms with van der Waals surface area (Å²) in [5.41, 5.74) is 3.16. The highest BCUT2D eigenvalue weighted by atomic mass is 16.5. The maximum absolute atomic E-state index is 12.7. The molecule has 0 radical (unpaired) electrons. The zero-order valence-corrected chi connectivity index (χ0v) is 14.5. The molecule has 0 atom stereocenters. The van der Waals surface area contributed by atoms with Gasteiger partial charge in [-0.15, -0.1) is 0 Å². The molecule has 0 aromatic heterocycles. The maximum Gasteiger partial charge on any atom is 0.253 e. The molecule has 0 unspecified atom stereocenters. The fourth-order valence-corrected chi connectivity index (χ4v) is 3.48. The SMILES string of the molecule is COc1ccc(C(=O)N2CCC(Cc3ccccc3)CC2)cc1C. The number of ether oxygens (including phenoxy) is 1. The molecule has 0 N–H and O–H groups in total. The first kappa shape index (κ1) is 16.6. The van der Waals surface area contributed by atoms with Gasteiger partial charge in [0.1, 0.15) is 5.75 Å². The van der Waals surface area contributed by atoms with Gasteiger partial charge in [-0.05, 0) is 61.4 Å². The molecule has 1 fully saturated rings. The summed E-state index contributed by atoms with van der Waals surface area (Å²) < 4.78 is 5.27. The summed E-state index contributed by atoms with van der Waals surface area (Å²) >= 11 is 0. The predicted octanol–water partition coefficient (Wildman–Crippen LogP) is 4.10. The Kier molecular flexibility index (Phi) is 5.19. The van der Waals surface area contributed by atoms with Crippen LogP contribution in [0.2, 0.25) is 0 Å². The van der Waals surface area contributed by atoms with E-state index in [1.807, 2.05) is 30.0 Å². The van der Waals surface area contributed by atoms with Gasteiger partial charge in [0.05, 0.1) is 7.11 Å². The Hall–Kier alpha value is -2.29. The smallest absolute Gasteiger partial charge is 0.253 e. The minimum atomic E-state index is 0.138. The molecule has 126 valence electrons. The lowest BCUT2D eigenvalue weighted by Gasteiger charge is -2.32. The molecule has 0 saturated carbocycles. The van der Waals surface area contributed by atoms with Crippen LogP contribution >= 0.6 is 0 Å². The summed E-state index contributed by atoms with van der Waals surface area (Å²) in [5.74, 6) is 1.64. The van der Waals surface area contributed by atoms with Crippen LogP contribution in [0.3, 0.4) is 0 Å². The third-order valence-electron chi connectivity index (χ3n) is 4.91. The molecule has 0 spiro atoms. The van der Waals surface area contributed by atoms with Crippen molar-refractivity contribution in [3.8, 4) is 5.75 Å². The number of carbonyl (C=O) groups is 1. The Balaban J connectivity index is 1.58. The van der Waals surface area contributed by atoms with Crippen molar-refractivity contribution in [2.45, 2.75) is 26.2 Å². The third-order valence-corrected chi connectivity index (χ3v) is 4.91. The van der Waals surface area contributed by atoms with E-state index >= 15 is 0 Å². The number of nitrogens with zero attached hydrogens (tertiary/aromatic N) is 1. The van der Waals surface area contributed by atoms with Gasteiger partial charge in [0.15, 0.2) is 0 Å². The van der Waals surface area contributed by atoms with Gasteiger partial charge in [0.25, 0.3) is 5.91 Å². The molecule has 3 heteroatoms. The average molecular weight is 323 g/mol. The minimum absolute atomic E-state index is 0.138. The average Bonchev–Trinajstić information content (AvgIpc) is 2.62. The summed E-state index contributed by atoms with van der Waals surface area (Å²) in [5, 5.41) is 0. The topological polar surface area (TPSA) is 29.5 Å². The number of carbonyl (C=O) groups excluding carboxylic acids is 1. The Morgan fingerprint density at radius 1 is 1.12 bits per heavy atom. The van der Waals surface area contributed by atoms with Gasteiger partial charge in [-0.1, -0.05) is 30.3 Å². The zero-order chi connectivity index (χ0) is 16.9. The monoisotopic (exact) mass is 323 g/mol. The Labute approximate surface area is 144 Å². The van der Waals surface area contributed by atoms with Gasteiger partial charge in [0.2, 0.25) is 0 Å². The molecule has 1 aliphatic heterocycles. The van der Waals surface area contributed by atoms with E-state index in [2.05, 4.69) is 30.3 Å². The molecule has 0 aliphatic carbocycles. The van der Waals surface area contributed by atoms with Crippen molar-refractivity contribution in [1.82, 2.24) is 4.90 Å². The molecule has 0 bridgehead atoms. The molecule has 1 amide bonds. The molecule has 2 aromatic rings. The van der Waals surface area contributed by atoms with E-state index in [0.29, 0.717) is 5.92 Å². The summed E-state index contributed by atoms with van der Waals surface area (Å²) in [4.78, 5) is 14.7. The van der Waals surface area contributed by atoms with Crippen molar-refractivity contribution in [2.24, 2.45) is 5.92 Å². The first-order chi connectivity index (χ1) is 11.7. The summed E-state index contributed by atoms with van der Waals surface area (Å²) in [6.45, 7) is 3.67. The lowest BCUT2D eigenvalue weighted by atomic mass is 9.90. The highest BCUT2D eigenvalue weighted by molar-refractivity contribution is 5.94. The number of likely N-dealkylation sites (tertiary alicyclic amines) is 1. The first-order valence-corrected chi connectivity index (χ1v) is 8.65. The van der Waals surface area contributed by atoms with Crippen LogP contribution in [0.15, 0.2) is 48.5 Å². The van der Waals surface area contributed by atoms with E-state index < -0.39 is 0 Å². The van der Waals surface area contributed by atoms with Crippen LogP contribution in [-0.4, -0.2) is 31.0 Å². The predicted molar refractivity (Wildman–Crippen MR) is 96.5 cm³/mol. The number of methoxy groups -OCH3 is 1. The van der Waals surface area contributed by atoms with Crippen LogP contribution < -0.4 is 4.74 Å². The maximum atomic E-state index is 12.7. The standard InChI is InChI=1S/C21H25NO2/c1-16-14-19(8-9-20(16)24-2)21(23)22-12-10-18(11-13-22)15-17-6-4-3-5-7-17/h3-9,14,18H,10-13,15H2,1-2H3. The van der Waals surface area contributed by atoms with E-state index in [9.17, 15) is 4.79 Å². The van der Waals surface area contributed by atoms with E-state index in [0.717, 1.165) is 49.2 Å². The Morgan fingerprint density at radius 2 is 1.83 bits per heavy atom. The van der Waals surface area contributed by atoms with Gasteiger partial charge in [-0.3, -0.25) is 4.79 Å². The Bertz CT molecular complexity index is 688. The molecule has 1 heterocycles. The van der Waals surface area contributed by atoms with Crippen molar-refractivity contribution >= 4 is 5.91 Å². The first-order valence-electron chi connectivity index (χ1n) is 8.65. The van der Waals surface area contributed by atoms with E-state index in [1.165, 1.54) is 5.56 Å². The number of amides is 1. The van der Waals surface area contributed by atoms with Crippen LogP contribution in [0, 0.1) is 12.8 Å². The normalized spacial score (nSPS) is 15.3. The second-order valence-corrected chi connectivity index (χ2v) is 6.61. The van der Waals surface area contributed by atoms with Crippen LogP contribution in [0.4, 0.5) is 0 Å². The summed E-state index contributed by atoms with van der Waals surface area (Å²) in [6, 6.07) is 16.3. The Morgan fingerprint density at radius 3 is 2.46 bits per heavy atom. The van der Waals surface area contributed by atoms with Crippen LogP contribution in [0.1, 0.15) is 34.3 Å². The largest absolute Gasteiger partial charge is 0.496 e. The van der Waals surface area contributed by atoms with Gasteiger partial charge < -0.3 is 9.64 Å². The highest BCUT2D eigenvalue weighted by Crippen LogP contribution is 2.24. The molecule has 1 saturated heterocycles. The van der Waals surface area contributed by atoms with Crippen LogP contribution in [-0.2, 0) is 6.42 Å². The number of benzene rings is 2. The second kappa shape index (κ2) is 7.52. The second-order valence-electron chi connectivity index (χ2n) is 6.61. The highest BCUT2D eigenvalue weighted by Gasteiger charge is 2.24. The van der Waals surface area contributed by atoms with Crippen molar-refractivity contribution in [3.05, 3.63) is 65.2 Å². The van der Waals surface area contributed by atoms with Crippen LogP contribution in [0.25, 0.3) is 0 Å². The van der Waals surface area contributed by atoms with Gasteiger partial charge >= 0.3 is 0 Å². The van der Waals surface area contributed by atoms with Gasteiger partial charge in [0, 0.05) is 18.7 Å². The van der Waals surface area contributed by atoms with Gasteiger partial charge in [-0.2, -0.15) is 0 Å². The van der Waals surface area contributed by atoms with Gasteiger partial charge in [-0.25, -0.2) is 0 Å². The van der Waals surface area contributed by atoms with Crippen molar-refractivity contribution < 1.29 is 9.53 Å². The number of rotatable bonds is 4. The number of aryl methyl sites for hydroxylation is 1. The van der Waals surface area contributed by atoms with E-state index in [-0.39, 0.29) is 5.91 Å². The minimum Gasteiger partial charge on any atom is -0.496 e. The summed E-state index contributed by atoms with van der Waals surface area (Å²) in [7, 11) is 1.65. The summed E-state index contributed by atoms with van der Waals surface area (Å²) in [6.07, 6.45) is 3.27. The fraction of sp³-hybridized carbons (Fsp3) is 0.381. The quantitative estimate of drug-likeness (QED) is 0.848. The zero-order valence-electron chi connectivity index (χ0n) is 14.5. The fourth-order valence-electron chi connectivity index (χ4n) is 3.48. The third kappa shape index (κ3) is 3.78. The van der Waals surface area contributed by atoms with E-state index in [1.54, 1.807) is 7.11 Å². The lowest BCUT2D eigenvalue weighted by molar-refractivity contribution is 0.0690. The lowest BCUT2D eigenvalue weighted by Crippen LogP contribution is -2.38. The van der Waals surface area contributed by atoms with Crippen molar-refractivity contribution in [3.63, 3.8) is 0 Å². The molecule has 3 rings (SSSR count). The van der Waals surface area contributed by atoms with Crippen LogP contribution in [0.5, 0.6) is 5.75 Å². The molecule has 3 nitrogen and oxygen atoms in total. The number of hydrogen-bond donors (Lipinski definition) is 0. The molecular weight excluding hydrogens is 298 g/mol. The molecule has 24 heavy (non-hydrogen) atoms.